The molecule has 0 N–H and O–H groups in total. The molecule has 4 nitrogen and oxygen atoms in total. The van der Waals surface area contributed by atoms with Gasteiger partial charge in [0.15, 0.2) is 9.84 Å². The fourth-order valence-electron chi connectivity index (χ4n) is 2.93. The number of halogens is 1. The summed E-state index contributed by atoms with van der Waals surface area (Å²) < 4.78 is 23.4. The fourth-order valence-corrected chi connectivity index (χ4v) is 4.23. The van der Waals surface area contributed by atoms with E-state index in [0.717, 1.165) is 12.7 Å². The number of sulfone groups is 1. The van der Waals surface area contributed by atoms with Crippen molar-refractivity contribution in [2.24, 2.45) is 11.8 Å². The minimum atomic E-state index is -3.44. The lowest BCUT2D eigenvalue weighted by molar-refractivity contribution is 0.0623. The second-order valence-electron chi connectivity index (χ2n) is 6.07. The number of rotatable bonds is 2. The van der Waals surface area contributed by atoms with Crippen LogP contribution in [0.1, 0.15) is 30.6 Å². The smallest absolute Gasteiger partial charge is 0.253 e. The third kappa shape index (κ3) is 3.77. The van der Waals surface area contributed by atoms with E-state index in [1.807, 2.05) is 0 Å². The van der Waals surface area contributed by atoms with Crippen LogP contribution in [-0.4, -0.2) is 38.6 Å². The Labute approximate surface area is 131 Å². The van der Waals surface area contributed by atoms with Gasteiger partial charge in [-0.3, -0.25) is 4.79 Å². The maximum atomic E-state index is 12.6. The van der Waals surface area contributed by atoms with Crippen LogP contribution < -0.4 is 0 Å². The van der Waals surface area contributed by atoms with Gasteiger partial charge in [-0.05, 0) is 36.5 Å². The van der Waals surface area contributed by atoms with Gasteiger partial charge in [0, 0.05) is 24.9 Å². The van der Waals surface area contributed by atoms with Crippen LogP contribution in [0.2, 0.25) is 5.02 Å². The van der Waals surface area contributed by atoms with E-state index in [1.165, 1.54) is 12.1 Å². The van der Waals surface area contributed by atoms with Gasteiger partial charge in [0.05, 0.1) is 9.92 Å². The highest BCUT2D eigenvalue weighted by atomic mass is 35.5. The molecule has 0 radical (unpaired) electrons. The number of benzene rings is 1. The number of carbonyl (C=O) groups is 1. The average Bonchev–Trinajstić information content (AvgIpc) is 2.36. The molecule has 0 aromatic heterocycles. The quantitative estimate of drug-likeness (QED) is 0.838. The first-order valence-electron chi connectivity index (χ1n) is 6.97. The van der Waals surface area contributed by atoms with Gasteiger partial charge in [-0.2, -0.15) is 0 Å². The highest BCUT2D eigenvalue weighted by molar-refractivity contribution is 7.90. The zero-order valence-electron chi connectivity index (χ0n) is 12.5. The van der Waals surface area contributed by atoms with Gasteiger partial charge >= 0.3 is 0 Å². The third-order valence-corrected chi connectivity index (χ3v) is 5.31. The Morgan fingerprint density at radius 1 is 1.24 bits per heavy atom. The molecule has 1 saturated heterocycles. The van der Waals surface area contributed by atoms with Crippen molar-refractivity contribution in [1.82, 2.24) is 4.90 Å². The van der Waals surface area contributed by atoms with Gasteiger partial charge in [-0.1, -0.05) is 25.4 Å². The number of hydrogen-bond acceptors (Lipinski definition) is 3. The lowest BCUT2D eigenvalue weighted by Crippen LogP contribution is -2.42. The summed E-state index contributed by atoms with van der Waals surface area (Å²) in [5.74, 6) is 0.786. The molecule has 1 aromatic rings. The van der Waals surface area contributed by atoms with Crippen molar-refractivity contribution in [3.05, 3.63) is 28.8 Å². The van der Waals surface area contributed by atoms with E-state index >= 15 is 0 Å². The van der Waals surface area contributed by atoms with Crippen LogP contribution in [-0.2, 0) is 9.84 Å². The summed E-state index contributed by atoms with van der Waals surface area (Å²) in [4.78, 5) is 14.4. The van der Waals surface area contributed by atoms with E-state index in [2.05, 4.69) is 13.8 Å². The van der Waals surface area contributed by atoms with E-state index in [4.69, 9.17) is 11.6 Å². The van der Waals surface area contributed by atoms with Gasteiger partial charge < -0.3 is 4.90 Å². The molecule has 6 heteroatoms. The summed E-state index contributed by atoms with van der Waals surface area (Å²) in [6, 6.07) is 4.44. The average molecular weight is 330 g/mol. The number of hydrogen-bond donors (Lipinski definition) is 0. The molecule has 0 spiro atoms. The summed E-state index contributed by atoms with van der Waals surface area (Å²) in [5, 5.41) is 0.148. The van der Waals surface area contributed by atoms with Crippen LogP contribution in [0.15, 0.2) is 23.1 Å². The van der Waals surface area contributed by atoms with E-state index in [-0.39, 0.29) is 15.8 Å². The first-order valence-corrected chi connectivity index (χ1v) is 9.24. The van der Waals surface area contributed by atoms with Crippen molar-refractivity contribution in [1.29, 1.82) is 0 Å². The molecule has 0 aliphatic carbocycles. The normalized spacial score (nSPS) is 23.1. The second kappa shape index (κ2) is 5.97. The van der Waals surface area contributed by atoms with Crippen molar-refractivity contribution in [2.45, 2.75) is 25.2 Å². The molecule has 21 heavy (non-hydrogen) atoms. The molecule has 0 bridgehead atoms. The SMILES string of the molecule is CC1CC(C)CN(C(=O)c2ccc(Cl)c(S(C)(=O)=O)c2)C1. The third-order valence-electron chi connectivity index (χ3n) is 3.73. The highest BCUT2D eigenvalue weighted by Gasteiger charge is 2.27. The summed E-state index contributed by atoms with van der Waals surface area (Å²) in [6.45, 7) is 5.67. The molecule has 0 saturated carbocycles. The van der Waals surface area contributed by atoms with Gasteiger partial charge in [0.25, 0.3) is 5.91 Å². The number of likely N-dealkylation sites (tertiary alicyclic amines) is 1. The topological polar surface area (TPSA) is 54.5 Å². The van der Waals surface area contributed by atoms with E-state index in [0.29, 0.717) is 30.5 Å². The summed E-state index contributed by atoms with van der Waals surface area (Å²) in [7, 11) is -3.44. The Kier molecular flexibility index (Phi) is 4.63. The minimum Gasteiger partial charge on any atom is -0.338 e. The van der Waals surface area contributed by atoms with Gasteiger partial charge in [0.2, 0.25) is 0 Å². The molecular weight excluding hydrogens is 310 g/mol. The largest absolute Gasteiger partial charge is 0.338 e. The first kappa shape index (κ1) is 16.3. The molecule has 116 valence electrons. The number of carbonyl (C=O) groups excluding carboxylic acids is 1. The molecule has 1 aromatic carbocycles. The van der Waals surface area contributed by atoms with Crippen molar-refractivity contribution in [3.8, 4) is 0 Å². The Bertz CT molecular complexity index is 647. The zero-order valence-corrected chi connectivity index (χ0v) is 14.0. The molecule has 2 rings (SSSR count). The lowest BCUT2D eigenvalue weighted by atomic mass is 9.91. The van der Waals surface area contributed by atoms with Gasteiger partial charge in [-0.15, -0.1) is 0 Å². The summed E-state index contributed by atoms with van der Waals surface area (Å²) in [6.07, 6.45) is 2.20. The Morgan fingerprint density at radius 2 is 1.81 bits per heavy atom. The Balaban J connectivity index is 2.32. The van der Waals surface area contributed by atoms with Crippen LogP contribution in [0.5, 0.6) is 0 Å². The Hall–Kier alpha value is -1.07. The molecule has 2 unspecified atom stereocenters. The molecule has 1 aliphatic rings. The predicted molar refractivity (Wildman–Crippen MR) is 83.4 cm³/mol. The minimum absolute atomic E-state index is 0.00752. The Morgan fingerprint density at radius 3 is 2.33 bits per heavy atom. The van der Waals surface area contributed by atoms with Crippen LogP contribution >= 0.6 is 11.6 Å². The van der Waals surface area contributed by atoms with Crippen molar-refractivity contribution in [3.63, 3.8) is 0 Å². The van der Waals surface area contributed by atoms with Crippen molar-refractivity contribution in [2.75, 3.05) is 19.3 Å². The van der Waals surface area contributed by atoms with Gasteiger partial charge in [-0.25, -0.2) is 8.42 Å². The van der Waals surface area contributed by atoms with Crippen molar-refractivity contribution >= 4 is 27.3 Å². The van der Waals surface area contributed by atoms with Crippen LogP contribution in [0.3, 0.4) is 0 Å². The monoisotopic (exact) mass is 329 g/mol. The van der Waals surface area contributed by atoms with Gasteiger partial charge in [0.1, 0.15) is 0 Å². The molecule has 1 amide bonds. The van der Waals surface area contributed by atoms with Crippen LogP contribution in [0, 0.1) is 11.8 Å². The molecule has 1 heterocycles. The van der Waals surface area contributed by atoms with E-state index in [9.17, 15) is 13.2 Å². The van der Waals surface area contributed by atoms with E-state index < -0.39 is 9.84 Å². The molecular formula is C15H20ClNO3S. The highest BCUT2D eigenvalue weighted by Crippen LogP contribution is 2.26. The number of piperidine rings is 1. The zero-order chi connectivity index (χ0) is 15.8. The lowest BCUT2D eigenvalue weighted by Gasteiger charge is -2.35. The van der Waals surface area contributed by atoms with E-state index in [1.54, 1.807) is 11.0 Å². The van der Waals surface area contributed by atoms with Crippen LogP contribution in [0.4, 0.5) is 0 Å². The molecule has 1 aliphatic heterocycles. The summed E-state index contributed by atoms with van der Waals surface area (Å²) >= 11 is 5.91. The van der Waals surface area contributed by atoms with Crippen molar-refractivity contribution < 1.29 is 13.2 Å². The first-order chi connectivity index (χ1) is 9.68. The van der Waals surface area contributed by atoms with Crippen LogP contribution in [0.25, 0.3) is 0 Å². The molecule has 1 fully saturated rings. The maximum absolute atomic E-state index is 12.6. The molecule has 2 atom stereocenters. The predicted octanol–water partition coefficient (Wildman–Crippen LogP) is 2.86. The number of amides is 1. The second-order valence-corrected chi connectivity index (χ2v) is 8.46. The summed E-state index contributed by atoms with van der Waals surface area (Å²) in [5.41, 5.74) is 0.376. The standard InChI is InChI=1S/C15H20ClNO3S/c1-10-6-11(2)9-17(8-10)15(18)12-4-5-13(16)14(7-12)21(3,19)20/h4-5,7,10-11H,6,8-9H2,1-3H3. The maximum Gasteiger partial charge on any atom is 0.253 e. The fraction of sp³-hybridized carbons (Fsp3) is 0.533. The number of nitrogens with zero attached hydrogens (tertiary/aromatic N) is 1.